The highest BCUT2D eigenvalue weighted by atomic mass is 16.5. The van der Waals surface area contributed by atoms with Crippen molar-refractivity contribution >= 4 is 12.0 Å². The second kappa shape index (κ2) is 7.00. The number of nitrogens with zero attached hydrogens (tertiary/aromatic N) is 2. The molecular formula is C12H20N2O4. The third-order valence-corrected chi connectivity index (χ3v) is 2.72. The molecule has 0 aliphatic heterocycles. The number of methoxy groups -OCH3 is 1. The summed E-state index contributed by atoms with van der Waals surface area (Å²) < 4.78 is 4.97. The minimum Gasteiger partial charge on any atom is -0.480 e. The molecule has 6 heteroatoms. The van der Waals surface area contributed by atoms with Crippen molar-refractivity contribution in [3.05, 3.63) is 12.7 Å². The molecular weight excluding hydrogens is 236 g/mol. The van der Waals surface area contributed by atoms with Gasteiger partial charge in [0.15, 0.2) is 0 Å². The van der Waals surface area contributed by atoms with E-state index in [1.54, 1.807) is 12.0 Å². The van der Waals surface area contributed by atoms with Gasteiger partial charge in [0.1, 0.15) is 6.54 Å². The van der Waals surface area contributed by atoms with E-state index >= 15 is 0 Å². The van der Waals surface area contributed by atoms with Crippen molar-refractivity contribution in [2.75, 3.05) is 33.4 Å². The van der Waals surface area contributed by atoms with Crippen LogP contribution in [0.4, 0.5) is 4.79 Å². The number of amides is 2. The predicted molar refractivity (Wildman–Crippen MR) is 66.4 cm³/mol. The number of carboxylic acids is 1. The maximum atomic E-state index is 12.2. The maximum Gasteiger partial charge on any atom is 0.323 e. The summed E-state index contributed by atoms with van der Waals surface area (Å²) in [5.74, 6) is -1.02. The van der Waals surface area contributed by atoms with E-state index in [2.05, 4.69) is 6.58 Å². The first-order chi connectivity index (χ1) is 8.60. The molecule has 0 unspecified atom stereocenters. The molecule has 0 aromatic carbocycles. The van der Waals surface area contributed by atoms with Gasteiger partial charge in [0.25, 0.3) is 0 Å². The molecule has 0 bridgehead atoms. The Morgan fingerprint density at radius 3 is 2.61 bits per heavy atom. The molecule has 2 amide bonds. The van der Waals surface area contributed by atoms with Crippen molar-refractivity contribution in [1.29, 1.82) is 0 Å². The molecule has 6 nitrogen and oxygen atoms in total. The highest BCUT2D eigenvalue weighted by Gasteiger charge is 2.34. The van der Waals surface area contributed by atoms with Crippen molar-refractivity contribution in [2.45, 2.75) is 18.9 Å². The fourth-order valence-corrected chi connectivity index (χ4v) is 1.72. The van der Waals surface area contributed by atoms with Crippen LogP contribution in [0.3, 0.4) is 0 Å². The Hall–Kier alpha value is -1.56. The summed E-state index contributed by atoms with van der Waals surface area (Å²) in [6.07, 6.45) is 3.48. The summed E-state index contributed by atoms with van der Waals surface area (Å²) in [4.78, 5) is 26.0. The quantitative estimate of drug-likeness (QED) is 0.652. The summed E-state index contributed by atoms with van der Waals surface area (Å²) in [7, 11) is 1.58. The number of hydrogen-bond donors (Lipinski definition) is 1. The Morgan fingerprint density at radius 2 is 2.17 bits per heavy atom. The lowest BCUT2D eigenvalue weighted by atomic mass is 10.4. The summed E-state index contributed by atoms with van der Waals surface area (Å²) in [6.45, 7) is 4.42. The predicted octanol–water partition coefficient (Wildman–Crippen LogP) is 0.790. The number of rotatable bonds is 8. The first kappa shape index (κ1) is 14.5. The van der Waals surface area contributed by atoms with Crippen LogP contribution in [0.15, 0.2) is 12.7 Å². The Morgan fingerprint density at radius 1 is 1.50 bits per heavy atom. The van der Waals surface area contributed by atoms with E-state index in [1.807, 2.05) is 0 Å². The van der Waals surface area contributed by atoms with E-state index in [9.17, 15) is 9.59 Å². The number of carbonyl (C=O) groups is 2. The molecule has 0 heterocycles. The van der Waals surface area contributed by atoms with Crippen LogP contribution in [-0.2, 0) is 9.53 Å². The van der Waals surface area contributed by atoms with E-state index in [0.29, 0.717) is 13.2 Å². The first-order valence-electron chi connectivity index (χ1n) is 5.97. The lowest BCUT2D eigenvalue weighted by Crippen LogP contribution is -2.47. The Bertz CT molecular complexity index is 315. The van der Waals surface area contributed by atoms with Gasteiger partial charge >= 0.3 is 12.0 Å². The minimum atomic E-state index is -1.02. The van der Waals surface area contributed by atoms with Gasteiger partial charge in [-0.2, -0.15) is 0 Å². The molecule has 1 fully saturated rings. The molecule has 1 aliphatic carbocycles. The molecule has 1 rings (SSSR count). The molecule has 1 aliphatic rings. The minimum absolute atomic E-state index is 0.230. The topological polar surface area (TPSA) is 70.1 Å². The molecule has 0 saturated heterocycles. The lowest BCUT2D eigenvalue weighted by molar-refractivity contribution is -0.137. The Balaban J connectivity index is 2.64. The maximum absolute atomic E-state index is 12.2. The molecule has 18 heavy (non-hydrogen) atoms. The third kappa shape index (κ3) is 4.37. The normalized spacial score (nSPS) is 14.1. The number of urea groups is 1. The Kier molecular flexibility index (Phi) is 5.64. The monoisotopic (exact) mass is 256 g/mol. The zero-order chi connectivity index (χ0) is 13.5. The summed E-state index contributed by atoms with van der Waals surface area (Å²) in [6, 6.07) is -0.0226. The van der Waals surface area contributed by atoms with Gasteiger partial charge in [0.05, 0.1) is 6.61 Å². The lowest BCUT2D eigenvalue weighted by Gasteiger charge is -2.29. The highest BCUT2D eigenvalue weighted by molar-refractivity contribution is 5.80. The van der Waals surface area contributed by atoms with Crippen molar-refractivity contribution < 1.29 is 19.4 Å². The molecule has 0 aromatic heterocycles. The van der Waals surface area contributed by atoms with Gasteiger partial charge in [-0.25, -0.2) is 4.79 Å². The van der Waals surface area contributed by atoms with Crippen LogP contribution in [0.5, 0.6) is 0 Å². The molecule has 1 N–H and O–H groups in total. The molecule has 0 aromatic rings. The van der Waals surface area contributed by atoms with Gasteiger partial charge in [-0.1, -0.05) is 6.08 Å². The van der Waals surface area contributed by atoms with Gasteiger partial charge < -0.3 is 19.6 Å². The van der Waals surface area contributed by atoms with Gasteiger partial charge in [0.2, 0.25) is 0 Å². The number of carbonyl (C=O) groups excluding carboxylic acids is 1. The van der Waals surface area contributed by atoms with Crippen LogP contribution >= 0.6 is 0 Å². The Labute approximate surface area is 107 Å². The fourth-order valence-electron chi connectivity index (χ4n) is 1.72. The summed E-state index contributed by atoms with van der Waals surface area (Å²) in [5, 5.41) is 8.80. The number of hydrogen-bond acceptors (Lipinski definition) is 3. The summed E-state index contributed by atoms with van der Waals surface area (Å²) >= 11 is 0. The van der Waals surface area contributed by atoms with Gasteiger partial charge in [-0.15, -0.1) is 6.58 Å². The average molecular weight is 256 g/mol. The second-order valence-electron chi connectivity index (χ2n) is 4.26. The first-order valence-corrected chi connectivity index (χ1v) is 5.97. The average Bonchev–Trinajstić information content (AvgIpc) is 3.12. The van der Waals surface area contributed by atoms with E-state index in [1.165, 1.54) is 11.0 Å². The summed E-state index contributed by atoms with van der Waals surface area (Å²) in [5.41, 5.74) is 0. The van der Waals surface area contributed by atoms with E-state index in [0.717, 1.165) is 12.8 Å². The van der Waals surface area contributed by atoms with Gasteiger partial charge in [-0.3, -0.25) is 4.79 Å². The van der Waals surface area contributed by atoms with E-state index in [4.69, 9.17) is 9.84 Å². The zero-order valence-electron chi connectivity index (χ0n) is 10.7. The van der Waals surface area contributed by atoms with Crippen LogP contribution in [0.2, 0.25) is 0 Å². The number of carboxylic acid groups (broad SMARTS) is 1. The van der Waals surface area contributed by atoms with Gasteiger partial charge in [0, 0.05) is 26.2 Å². The van der Waals surface area contributed by atoms with Crippen LogP contribution in [0, 0.1) is 0 Å². The largest absolute Gasteiger partial charge is 0.480 e. The third-order valence-electron chi connectivity index (χ3n) is 2.72. The standard InChI is InChI=1S/C12H20N2O4/c1-3-6-13(9-11(15)16)12(17)14(7-8-18-2)10-4-5-10/h3,10H,1,4-9H2,2H3,(H,15,16). The van der Waals surface area contributed by atoms with Crippen LogP contribution in [0.1, 0.15) is 12.8 Å². The fraction of sp³-hybridized carbons (Fsp3) is 0.667. The van der Waals surface area contributed by atoms with E-state index in [-0.39, 0.29) is 25.2 Å². The molecule has 1 saturated carbocycles. The number of aliphatic carboxylic acids is 1. The van der Waals surface area contributed by atoms with Crippen LogP contribution in [-0.4, -0.2) is 66.3 Å². The smallest absolute Gasteiger partial charge is 0.323 e. The van der Waals surface area contributed by atoms with Crippen LogP contribution in [0.25, 0.3) is 0 Å². The molecule has 0 spiro atoms. The van der Waals surface area contributed by atoms with Crippen molar-refractivity contribution in [1.82, 2.24) is 9.80 Å². The van der Waals surface area contributed by atoms with E-state index < -0.39 is 5.97 Å². The zero-order valence-corrected chi connectivity index (χ0v) is 10.7. The molecule has 0 atom stereocenters. The van der Waals surface area contributed by atoms with Crippen molar-refractivity contribution in [2.24, 2.45) is 0 Å². The van der Waals surface area contributed by atoms with Crippen molar-refractivity contribution in [3.8, 4) is 0 Å². The SMILES string of the molecule is C=CCN(CC(=O)O)C(=O)N(CCOC)C1CC1. The van der Waals surface area contributed by atoms with Crippen LogP contribution < -0.4 is 0 Å². The highest BCUT2D eigenvalue weighted by Crippen LogP contribution is 2.27. The van der Waals surface area contributed by atoms with Gasteiger partial charge in [-0.05, 0) is 12.8 Å². The molecule has 0 radical (unpaired) electrons. The number of ether oxygens (including phenoxy) is 1. The molecule has 102 valence electrons. The van der Waals surface area contributed by atoms with Crippen molar-refractivity contribution in [3.63, 3.8) is 0 Å². The second-order valence-corrected chi connectivity index (χ2v) is 4.26.